The van der Waals surface area contributed by atoms with Crippen molar-refractivity contribution in [1.29, 1.82) is 0 Å². The van der Waals surface area contributed by atoms with Gasteiger partial charge in [0.15, 0.2) is 0 Å². The van der Waals surface area contributed by atoms with E-state index in [0.29, 0.717) is 12.7 Å². The van der Waals surface area contributed by atoms with Crippen molar-refractivity contribution in [1.82, 2.24) is 0 Å². The van der Waals surface area contributed by atoms with Gasteiger partial charge in [0.25, 0.3) is 0 Å². The molecule has 0 bridgehead atoms. The number of carbonyl (C=O) groups excluding carboxylic acids is 1. The van der Waals surface area contributed by atoms with E-state index in [1.165, 1.54) is 6.08 Å². The third-order valence-corrected chi connectivity index (χ3v) is 2.44. The van der Waals surface area contributed by atoms with Gasteiger partial charge in [0, 0.05) is 5.57 Å². The minimum Gasteiger partial charge on any atom is -0.389 e. The van der Waals surface area contributed by atoms with E-state index in [-0.39, 0.29) is 5.57 Å². The average Bonchev–Trinajstić information content (AvgIpc) is 2.10. The fourth-order valence-electron chi connectivity index (χ4n) is 1.53. The molecular formula is C10H14O3. The summed E-state index contributed by atoms with van der Waals surface area (Å²) in [5, 5.41) is 19.5. The van der Waals surface area contributed by atoms with Gasteiger partial charge >= 0.3 is 0 Å². The SMILES string of the molecule is C=C(C=O)C1(O)C=C(C)CCC1O. The molecule has 1 rings (SSSR count). The quantitative estimate of drug-likeness (QED) is 0.373. The predicted molar refractivity (Wildman–Crippen MR) is 49.2 cm³/mol. The molecule has 0 aromatic heterocycles. The molecule has 3 heteroatoms. The summed E-state index contributed by atoms with van der Waals surface area (Å²) in [7, 11) is 0. The van der Waals surface area contributed by atoms with Gasteiger partial charge in [-0.15, -0.1) is 0 Å². The zero-order chi connectivity index (χ0) is 10.1. The lowest BCUT2D eigenvalue weighted by Gasteiger charge is -2.34. The molecule has 3 nitrogen and oxygen atoms in total. The molecule has 2 N–H and O–H groups in total. The normalized spacial score (nSPS) is 33.8. The van der Waals surface area contributed by atoms with E-state index in [2.05, 4.69) is 6.58 Å². The zero-order valence-electron chi connectivity index (χ0n) is 7.66. The highest BCUT2D eigenvalue weighted by atomic mass is 16.3. The summed E-state index contributed by atoms with van der Waals surface area (Å²) in [6, 6.07) is 0. The van der Waals surface area contributed by atoms with E-state index < -0.39 is 11.7 Å². The van der Waals surface area contributed by atoms with Gasteiger partial charge in [-0.2, -0.15) is 0 Å². The maximum Gasteiger partial charge on any atom is 0.148 e. The molecule has 0 heterocycles. The fourth-order valence-corrected chi connectivity index (χ4v) is 1.53. The summed E-state index contributed by atoms with van der Waals surface area (Å²) in [4.78, 5) is 10.5. The number of aldehydes is 1. The van der Waals surface area contributed by atoms with E-state index in [1.807, 2.05) is 6.92 Å². The van der Waals surface area contributed by atoms with Crippen molar-refractivity contribution in [3.63, 3.8) is 0 Å². The second kappa shape index (κ2) is 3.44. The molecular weight excluding hydrogens is 168 g/mol. The Morgan fingerprint density at radius 3 is 3.00 bits per heavy atom. The van der Waals surface area contributed by atoms with E-state index in [4.69, 9.17) is 0 Å². The molecule has 0 saturated carbocycles. The number of allylic oxidation sites excluding steroid dienone is 1. The first-order valence-electron chi connectivity index (χ1n) is 4.24. The minimum atomic E-state index is -1.55. The van der Waals surface area contributed by atoms with Crippen LogP contribution < -0.4 is 0 Å². The van der Waals surface area contributed by atoms with Crippen molar-refractivity contribution in [2.45, 2.75) is 31.5 Å². The smallest absolute Gasteiger partial charge is 0.148 e. The first-order chi connectivity index (χ1) is 6.00. The summed E-state index contributed by atoms with van der Waals surface area (Å²) >= 11 is 0. The molecule has 0 saturated heterocycles. The number of hydrogen-bond donors (Lipinski definition) is 2. The molecule has 0 radical (unpaired) electrons. The summed E-state index contributed by atoms with van der Waals surface area (Å²) in [6.45, 7) is 5.29. The van der Waals surface area contributed by atoms with Crippen molar-refractivity contribution in [2.75, 3.05) is 0 Å². The molecule has 0 amide bonds. The molecule has 2 unspecified atom stereocenters. The molecule has 0 aromatic rings. The van der Waals surface area contributed by atoms with Crippen LogP contribution in [0.4, 0.5) is 0 Å². The van der Waals surface area contributed by atoms with Crippen LogP contribution in [0.3, 0.4) is 0 Å². The number of rotatable bonds is 2. The molecule has 0 fully saturated rings. The number of aliphatic hydroxyl groups is 2. The van der Waals surface area contributed by atoms with Crippen LogP contribution in [0, 0.1) is 0 Å². The average molecular weight is 182 g/mol. The van der Waals surface area contributed by atoms with Crippen LogP contribution in [-0.2, 0) is 4.79 Å². The van der Waals surface area contributed by atoms with Gasteiger partial charge in [-0.3, -0.25) is 4.79 Å². The lowest BCUT2D eigenvalue weighted by Crippen LogP contribution is -2.44. The summed E-state index contributed by atoms with van der Waals surface area (Å²) < 4.78 is 0. The highest BCUT2D eigenvalue weighted by molar-refractivity contribution is 5.76. The molecule has 1 aliphatic rings. The van der Waals surface area contributed by atoms with Gasteiger partial charge < -0.3 is 10.2 Å². The molecule has 0 aromatic carbocycles. The van der Waals surface area contributed by atoms with Crippen LogP contribution in [-0.4, -0.2) is 28.2 Å². The predicted octanol–water partition coefficient (Wildman–Crippen LogP) is 0.574. The Kier molecular flexibility index (Phi) is 2.68. The second-order valence-electron chi connectivity index (χ2n) is 3.51. The summed E-state index contributed by atoms with van der Waals surface area (Å²) in [6.07, 6.45) is 2.28. The number of hydrogen-bond acceptors (Lipinski definition) is 3. The van der Waals surface area contributed by atoms with Crippen LogP contribution in [0.5, 0.6) is 0 Å². The van der Waals surface area contributed by atoms with Crippen molar-refractivity contribution in [2.24, 2.45) is 0 Å². The van der Waals surface area contributed by atoms with Crippen molar-refractivity contribution in [3.05, 3.63) is 23.8 Å². The Labute approximate surface area is 77.4 Å². The Morgan fingerprint density at radius 1 is 1.85 bits per heavy atom. The lowest BCUT2D eigenvalue weighted by atomic mass is 9.80. The third-order valence-electron chi connectivity index (χ3n) is 2.44. The van der Waals surface area contributed by atoms with Gasteiger partial charge in [-0.25, -0.2) is 0 Å². The van der Waals surface area contributed by atoms with Gasteiger partial charge in [-0.05, 0) is 25.8 Å². The highest BCUT2D eigenvalue weighted by Crippen LogP contribution is 2.31. The molecule has 0 aliphatic heterocycles. The van der Waals surface area contributed by atoms with Crippen molar-refractivity contribution >= 4 is 6.29 Å². The molecule has 2 atom stereocenters. The summed E-state index contributed by atoms with van der Waals surface area (Å²) in [5.41, 5.74) is -0.570. The second-order valence-corrected chi connectivity index (χ2v) is 3.51. The van der Waals surface area contributed by atoms with Gasteiger partial charge in [0.2, 0.25) is 0 Å². The fraction of sp³-hybridized carbons (Fsp3) is 0.500. The zero-order valence-corrected chi connectivity index (χ0v) is 7.66. The maximum absolute atomic E-state index is 10.5. The Bertz CT molecular complexity index is 267. The Morgan fingerprint density at radius 2 is 2.46 bits per heavy atom. The number of aliphatic hydroxyl groups excluding tert-OH is 1. The van der Waals surface area contributed by atoms with Crippen molar-refractivity contribution < 1.29 is 15.0 Å². The Balaban J connectivity index is 3.03. The van der Waals surface area contributed by atoms with E-state index in [1.54, 1.807) is 0 Å². The van der Waals surface area contributed by atoms with Gasteiger partial charge in [-0.1, -0.05) is 12.2 Å². The van der Waals surface area contributed by atoms with E-state index in [0.717, 1.165) is 12.0 Å². The third kappa shape index (κ3) is 1.71. The van der Waals surface area contributed by atoms with Crippen LogP contribution in [0.25, 0.3) is 0 Å². The highest BCUT2D eigenvalue weighted by Gasteiger charge is 2.38. The lowest BCUT2D eigenvalue weighted by molar-refractivity contribution is -0.108. The first-order valence-corrected chi connectivity index (χ1v) is 4.24. The van der Waals surface area contributed by atoms with E-state index >= 15 is 0 Å². The monoisotopic (exact) mass is 182 g/mol. The van der Waals surface area contributed by atoms with E-state index in [9.17, 15) is 15.0 Å². The first kappa shape index (κ1) is 10.2. The minimum absolute atomic E-state index is 0.0130. The molecule has 1 aliphatic carbocycles. The molecule has 13 heavy (non-hydrogen) atoms. The summed E-state index contributed by atoms with van der Waals surface area (Å²) in [5.74, 6) is 0. The van der Waals surface area contributed by atoms with Gasteiger partial charge in [0.05, 0.1) is 6.10 Å². The van der Waals surface area contributed by atoms with Crippen molar-refractivity contribution in [3.8, 4) is 0 Å². The molecule has 0 spiro atoms. The Hall–Kier alpha value is -0.930. The standard InChI is InChI=1S/C10H14O3/c1-7-3-4-9(12)10(13,5-7)8(2)6-11/h5-6,9,12-13H,2-4H2,1H3. The largest absolute Gasteiger partial charge is 0.389 e. The maximum atomic E-state index is 10.5. The van der Waals surface area contributed by atoms with Crippen LogP contribution in [0.1, 0.15) is 19.8 Å². The number of carbonyl (C=O) groups is 1. The van der Waals surface area contributed by atoms with Crippen LogP contribution in [0.15, 0.2) is 23.8 Å². The molecule has 72 valence electrons. The topological polar surface area (TPSA) is 57.5 Å². The van der Waals surface area contributed by atoms with Crippen LogP contribution in [0.2, 0.25) is 0 Å². The van der Waals surface area contributed by atoms with Crippen LogP contribution >= 0.6 is 0 Å². The van der Waals surface area contributed by atoms with Gasteiger partial charge in [0.1, 0.15) is 11.9 Å².